The van der Waals surface area contributed by atoms with E-state index in [0.29, 0.717) is 23.9 Å². The van der Waals surface area contributed by atoms with Crippen LogP contribution in [0.5, 0.6) is 0 Å². The van der Waals surface area contributed by atoms with Crippen molar-refractivity contribution >= 4 is 21.1 Å². The molecule has 1 aromatic carbocycles. The molecule has 6 nitrogen and oxygen atoms in total. The standard InChI is InChI=1S/C19H28N4O2S/c1-3-22-10-6-7-15(14-22)19-20-17-13-16(8-9-18(17)21(19)2)26(24,25)23-11-4-5-12-23/h8-9,13,15H,3-7,10-12,14H2,1-2H3/t15-/m1/s1. The van der Waals surface area contributed by atoms with Gasteiger partial charge in [0.15, 0.2) is 0 Å². The van der Waals surface area contributed by atoms with Gasteiger partial charge in [-0.05, 0) is 57.0 Å². The third-order valence-corrected chi connectivity index (χ3v) is 7.80. The predicted octanol–water partition coefficient (Wildman–Crippen LogP) is 2.56. The molecule has 0 amide bonds. The van der Waals surface area contributed by atoms with Gasteiger partial charge in [-0.25, -0.2) is 13.4 Å². The monoisotopic (exact) mass is 376 g/mol. The summed E-state index contributed by atoms with van der Waals surface area (Å²) in [5.74, 6) is 1.49. The molecule has 1 aromatic heterocycles. The van der Waals surface area contributed by atoms with E-state index in [0.717, 1.165) is 55.8 Å². The lowest BCUT2D eigenvalue weighted by Gasteiger charge is -2.31. The van der Waals surface area contributed by atoms with E-state index < -0.39 is 10.0 Å². The first-order valence-corrected chi connectivity index (χ1v) is 11.1. The van der Waals surface area contributed by atoms with Crippen molar-refractivity contribution in [2.45, 2.75) is 43.4 Å². The smallest absolute Gasteiger partial charge is 0.243 e. The van der Waals surface area contributed by atoms with Gasteiger partial charge in [0.25, 0.3) is 0 Å². The number of aryl methyl sites for hydroxylation is 1. The Labute approximate surface area is 155 Å². The minimum atomic E-state index is -3.40. The predicted molar refractivity (Wildman–Crippen MR) is 103 cm³/mol. The SMILES string of the molecule is CCN1CCC[C@@H](c2nc3cc(S(=O)(=O)N4CCCC4)ccc3n2C)C1. The molecule has 0 aliphatic carbocycles. The molecule has 1 atom stereocenters. The molecule has 4 rings (SSSR count). The normalized spacial score (nSPS) is 23.1. The fourth-order valence-corrected chi connectivity index (χ4v) is 5.89. The van der Waals surface area contributed by atoms with Gasteiger partial charge in [-0.15, -0.1) is 0 Å². The van der Waals surface area contributed by atoms with Crippen LogP contribution < -0.4 is 0 Å². The molecule has 2 fully saturated rings. The van der Waals surface area contributed by atoms with Crippen molar-refractivity contribution in [2.75, 3.05) is 32.7 Å². The lowest BCUT2D eigenvalue weighted by Crippen LogP contribution is -2.34. The Balaban J connectivity index is 1.69. The fraction of sp³-hybridized carbons (Fsp3) is 0.632. The van der Waals surface area contributed by atoms with E-state index in [2.05, 4.69) is 16.4 Å². The summed E-state index contributed by atoms with van der Waals surface area (Å²) in [5.41, 5.74) is 1.80. The number of hydrogen-bond acceptors (Lipinski definition) is 4. The van der Waals surface area contributed by atoms with Gasteiger partial charge in [0.2, 0.25) is 10.0 Å². The van der Waals surface area contributed by atoms with Crippen LogP contribution in [-0.4, -0.2) is 59.9 Å². The summed E-state index contributed by atoms with van der Waals surface area (Å²) in [6.45, 7) is 6.72. The average Bonchev–Trinajstić information content (AvgIpc) is 3.30. The second-order valence-corrected chi connectivity index (χ2v) is 9.46. The summed E-state index contributed by atoms with van der Waals surface area (Å²) >= 11 is 0. The second kappa shape index (κ2) is 6.94. The summed E-state index contributed by atoms with van der Waals surface area (Å²) in [6.07, 6.45) is 4.23. The Morgan fingerprint density at radius 3 is 2.65 bits per heavy atom. The highest BCUT2D eigenvalue weighted by molar-refractivity contribution is 7.89. The molecule has 0 N–H and O–H groups in total. The van der Waals surface area contributed by atoms with Crippen LogP contribution >= 0.6 is 0 Å². The van der Waals surface area contributed by atoms with Crippen molar-refractivity contribution in [3.05, 3.63) is 24.0 Å². The lowest BCUT2D eigenvalue weighted by molar-refractivity contribution is 0.212. The topological polar surface area (TPSA) is 58.4 Å². The highest BCUT2D eigenvalue weighted by Gasteiger charge is 2.29. The molecule has 7 heteroatoms. The Morgan fingerprint density at radius 1 is 1.15 bits per heavy atom. The number of benzene rings is 1. The highest BCUT2D eigenvalue weighted by Crippen LogP contribution is 2.30. The quantitative estimate of drug-likeness (QED) is 0.823. The van der Waals surface area contributed by atoms with Gasteiger partial charge in [0, 0.05) is 32.6 Å². The molecule has 2 aromatic rings. The van der Waals surface area contributed by atoms with Crippen molar-refractivity contribution in [3.8, 4) is 0 Å². The molecule has 0 saturated carbocycles. The molecule has 2 saturated heterocycles. The molecular weight excluding hydrogens is 348 g/mol. The van der Waals surface area contributed by atoms with E-state index in [9.17, 15) is 8.42 Å². The van der Waals surface area contributed by atoms with Crippen molar-refractivity contribution in [1.82, 2.24) is 18.8 Å². The van der Waals surface area contributed by atoms with Crippen LogP contribution in [0.4, 0.5) is 0 Å². The van der Waals surface area contributed by atoms with Crippen LogP contribution in [-0.2, 0) is 17.1 Å². The van der Waals surface area contributed by atoms with Crippen LogP contribution in [0.25, 0.3) is 11.0 Å². The molecular formula is C19H28N4O2S. The first kappa shape index (κ1) is 17.9. The van der Waals surface area contributed by atoms with E-state index in [4.69, 9.17) is 4.98 Å². The molecule has 0 bridgehead atoms. The minimum Gasteiger partial charge on any atom is -0.331 e. The van der Waals surface area contributed by atoms with Crippen molar-refractivity contribution < 1.29 is 8.42 Å². The number of sulfonamides is 1. The zero-order chi connectivity index (χ0) is 18.3. The van der Waals surface area contributed by atoms with E-state index in [-0.39, 0.29) is 0 Å². The number of nitrogens with zero attached hydrogens (tertiary/aromatic N) is 4. The van der Waals surface area contributed by atoms with Gasteiger partial charge in [0.1, 0.15) is 5.82 Å². The average molecular weight is 377 g/mol. The summed E-state index contributed by atoms with van der Waals surface area (Å²) in [4.78, 5) is 7.70. The van der Waals surface area contributed by atoms with E-state index >= 15 is 0 Å². The second-order valence-electron chi connectivity index (χ2n) is 7.52. The van der Waals surface area contributed by atoms with Crippen molar-refractivity contribution in [1.29, 1.82) is 0 Å². The Bertz CT molecular complexity index is 900. The van der Waals surface area contributed by atoms with E-state index in [1.54, 1.807) is 16.4 Å². The zero-order valence-corrected chi connectivity index (χ0v) is 16.5. The van der Waals surface area contributed by atoms with Crippen LogP contribution in [0.2, 0.25) is 0 Å². The summed E-state index contributed by atoms with van der Waals surface area (Å²) < 4.78 is 29.4. The van der Waals surface area contributed by atoms with Gasteiger partial charge in [-0.1, -0.05) is 6.92 Å². The number of hydrogen-bond donors (Lipinski definition) is 0. The Morgan fingerprint density at radius 2 is 1.92 bits per heavy atom. The first-order valence-electron chi connectivity index (χ1n) is 9.69. The molecule has 142 valence electrons. The minimum absolute atomic E-state index is 0.371. The number of imidazole rings is 1. The van der Waals surface area contributed by atoms with Crippen molar-refractivity contribution in [3.63, 3.8) is 0 Å². The third-order valence-electron chi connectivity index (χ3n) is 5.91. The summed E-state index contributed by atoms with van der Waals surface area (Å²) in [6, 6.07) is 5.41. The molecule has 0 spiro atoms. The highest BCUT2D eigenvalue weighted by atomic mass is 32.2. The Kier molecular flexibility index (Phi) is 4.79. The Hall–Kier alpha value is -1.44. The van der Waals surface area contributed by atoms with Gasteiger partial charge in [-0.2, -0.15) is 4.31 Å². The number of likely N-dealkylation sites (tertiary alicyclic amines) is 1. The van der Waals surface area contributed by atoms with Crippen molar-refractivity contribution in [2.24, 2.45) is 7.05 Å². The number of piperidine rings is 1. The molecule has 0 radical (unpaired) electrons. The van der Waals surface area contributed by atoms with Gasteiger partial charge >= 0.3 is 0 Å². The summed E-state index contributed by atoms with van der Waals surface area (Å²) in [5, 5.41) is 0. The maximum absolute atomic E-state index is 12.8. The van der Waals surface area contributed by atoms with Crippen LogP contribution in [0, 0.1) is 0 Å². The number of likely N-dealkylation sites (N-methyl/N-ethyl adjacent to an activating group) is 1. The van der Waals surface area contributed by atoms with Gasteiger partial charge < -0.3 is 9.47 Å². The third kappa shape index (κ3) is 3.06. The van der Waals surface area contributed by atoms with E-state index in [1.165, 1.54) is 6.42 Å². The molecule has 26 heavy (non-hydrogen) atoms. The largest absolute Gasteiger partial charge is 0.331 e. The zero-order valence-electron chi connectivity index (χ0n) is 15.7. The summed E-state index contributed by atoms with van der Waals surface area (Å²) in [7, 11) is -1.35. The molecule has 0 unspecified atom stereocenters. The molecule has 2 aliphatic heterocycles. The number of rotatable bonds is 4. The first-order chi connectivity index (χ1) is 12.5. The van der Waals surface area contributed by atoms with E-state index in [1.807, 2.05) is 13.1 Å². The number of aromatic nitrogens is 2. The van der Waals surface area contributed by atoms with Crippen LogP contribution in [0.3, 0.4) is 0 Å². The van der Waals surface area contributed by atoms with Gasteiger partial charge in [0.05, 0.1) is 15.9 Å². The maximum Gasteiger partial charge on any atom is 0.243 e. The lowest BCUT2D eigenvalue weighted by atomic mass is 9.97. The molecule has 2 aliphatic rings. The maximum atomic E-state index is 12.8. The van der Waals surface area contributed by atoms with Crippen LogP contribution in [0.15, 0.2) is 23.1 Å². The molecule has 3 heterocycles. The van der Waals surface area contributed by atoms with Gasteiger partial charge in [-0.3, -0.25) is 0 Å². The van der Waals surface area contributed by atoms with Crippen LogP contribution in [0.1, 0.15) is 44.3 Å². The number of fused-ring (bicyclic) bond motifs is 1. The fourth-order valence-electron chi connectivity index (χ4n) is 4.35.